The summed E-state index contributed by atoms with van der Waals surface area (Å²) < 4.78 is 11.1. The van der Waals surface area contributed by atoms with E-state index in [0.29, 0.717) is 29.8 Å². The first-order valence-corrected chi connectivity index (χ1v) is 9.37. The number of nitrogens with zero attached hydrogens (tertiary/aromatic N) is 1. The molecule has 1 N–H and O–H groups in total. The number of ether oxygens (including phenoxy) is 2. The lowest BCUT2D eigenvalue weighted by Gasteiger charge is -2.30. The zero-order valence-corrected chi connectivity index (χ0v) is 15.7. The summed E-state index contributed by atoms with van der Waals surface area (Å²) in [6.45, 7) is 5.99. The van der Waals surface area contributed by atoms with Crippen LogP contribution in [0.2, 0.25) is 10.0 Å². The minimum absolute atomic E-state index is 0.117. The highest BCUT2D eigenvalue weighted by molar-refractivity contribution is 6.35. The molecule has 4 nitrogen and oxygen atoms in total. The molecule has 0 amide bonds. The van der Waals surface area contributed by atoms with E-state index in [0.717, 1.165) is 38.0 Å². The van der Waals surface area contributed by atoms with Gasteiger partial charge in [0.2, 0.25) is 0 Å². The van der Waals surface area contributed by atoms with Crippen molar-refractivity contribution in [2.24, 2.45) is 0 Å². The van der Waals surface area contributed by atoms with E-state index in [1.807, 2.05) is 12.1 Å². The van der Waals surface area contributed by atoms with Crippen LogP contribution >= 0.6 is 23.2 Å². The number of rotatable bonds is 10. The fourth-order valence-corrected chi connectivity index (χ4v) is 3.39. The Bertz CT molecular complexity index is 491. The maximum Gasteiger partial charge on any atom is 0.0830 e. The topological polar surface area (TPSA) is 41.9 Å². The molecule has 0 radical (unpaired) electrons. The van der Waals surface area contributed by atoms with Crippen molar-refractivity contribution in [3.63, 3.8) is 0 Å². The average molecular weight is 376 g/mol. The summed E-state index contributed by atoms with van der Waals surface area (Å²) in [5, 5.41) is 11.0. The van der Waals surface area contributed by atoms with Gasteiger partial charge in [-0.15, -0.1) is 0 Å². The molecule has 1 fully saturated rings. The van der Waals surface area contributed by atoms with E-state index in [9.17, 15) is 5.11 Å². The lowest BCUT2D eigenvalue weighted by atomic mass is 10.1. The van der Waals surface area contributed by atoms with Crippen LogP contribution in [0, 0.1) is 0 Å². The quantitative estimate of drug-likeness (QED) is 0.632. The average Bonchev–Trinajstić information content (AvgIpc) is 3.08. The summed E-state index contributed by atoms with van der Waals surface area (Å²) in [5.74, 6) is 0. The van der Waals surface area contributed by atoms with Gasteiger partial charge in [0.15, 0.2) is 0 Å². The molecule has 1 aliphatic heterocycles. The summed E-state index contributed by atoms with van der Waals surface area (Å²) in [5.41, 5.74) is 1.03. The third kappa shape index (κ3) is 6.17. The highest BCUT2D eigenvalue weighted by atomic mass is 35.5. The minimum Gasteiger partial charge on any atom is -0.395 e. The molecule has 1 saturated heterocycles. The van der Waals surface area contributed by atoms with Crippen LogP contribution in [0.1, 0.15) is 31.7 Å². The third-order valence-electron chi connectivity index (χ3n) is 4.42. The van der Waals surface area contributed by atoms with E-state index in [1.54, 1.807) is 6.07 Å². The Morgan fingerprint density at radius 3 is 2.88 bits per heavy atom. The molecule has 136 valence electrons. The summed E-state index contributed by atoms with van der Waals surface area (Å²) >= 11 is 12.3. The number of hydrogen-bond donors (Lipinski definition) is 1. The predicted octanol–water partition coefficient (Wildman–Crippen LogP) is 3.76. The molecule has 0 saturated carbocycles. The predicted molar refractivity (Wildman–Crippen MR) is 97.8 cm³/mol. The van der Waals surface area contributed by atoms with Gasteiger partial charge in [-0.2, -0.15) is 0 Å². The van der Waals surface area contributed by atoms with Gasteiger partial charge in [0.1, 0.15) is 0 Å². The first-order chi connectivity index (χ1) is 11.6. The summed E-state index contributed by atoms with van der Waals surface area (Å²) in [6, 6.07) is 5.68. The molecule has 1 aliphatic rings. The van der Waals surface area contributed by atoms with Gasteiger partial charge >= 0.3 is 0 Å². The minimum atomic E-state index is 0.117. The Labute approximate surface area is 154 Å². The Morgan fingerprint density at radius 2 is 2.25 bits per heavy atom. The van der Waals surface area contributed by atoms with Gasteiger partial charge in [0, 0.05) is 42.4 Å². The molecule has 1 aromatic carbocycles. The maximum absolute atomic E-state index is 9.67. The van der Waals surface area contributed by atoms with Gasteiger partial charge in [-0.3, -0.25) is 4.90 Å². The SMILES string of the molecule is CC[C@H](CO)N(CCCO[C@@H]1CCOC1)Cc1ccc(Cl)cc1Cl. The molecule has 6 heteroatoms. The van der Waals surface area contributed by atoms with Crippen LogP contribution in [0.3, 0.4) is 0 Å². The van der Waals surface area contributed by atoms with Crippen molar-refractivity contribution in [2.45, 2.75) is 44.9 Å². The normalized spacial score (nSPS) is 19.1. The van der Waals surface area contributed by atoms with Gasteiger partial charge in [0.05, 0.1) is 19.3 Å². The highest BCUT2D eigenvalue weighted by Crippen LogP contribution is 2.23. The van der Waals surface area contributed by atoms with Crippen molar-refractivity contribution in [1.82, 2.24) is 4.90 Å². The van der Waals surface area contributed by atoms with Gasteiger partial charge in [-0.25, -0.2) is 0 Å². The third-order valence-corrected chi connectivity index (χ3v) is 5.01. The molecule has 1 aromatic rings. The molecule has 0 unspecified atom stereocenters. The monoisotopic (exact) mass is 375 g/mol. The molecule has 0 aromatic heterocycles. The maximum atomic E-state index is 9.67. The molecule has 0 bridgehead atoms. The number of aliphatic hydroxyl groups excluding tert-OH is 1. The lowest BCUT2D eigenvalue weighted by molar-refractivity contribution is 0.0316. The second kappa shape index (κ2) is 10.6. The summed E-state index contributed by atoms with van der Waals surface area (Å²) in [6.07, 6.45) is 3.03. The standard InChI is InChI=1S/C18H27Cl2NO3/c1-2-16(12-22)21(7-3-8-24-17-6-9-23-13-17)11-14-4-5-15(19)10-18(14)20/h4-5,10,16-17,22H,2-3,6-9,11-13H2,1H3/t16-,17-/m1/s1. The molecule has 0 spiro atoms. The zero-order valence-electron chi connectivity index (χ0n) is 14.2. The van der Waals surface area contributed by atoms with Crippen molar-refractivity contribution in [1.29, 1.82) is 0 Å². The lowest BCUT2D eigenvalue weighted by Crippen LogP contribution is -2.38. The number of aliphatic hydroxyl groups is 1. The van der Waals surface area contributed by atoms with Gasteiger partial charge < -0.3 is 14.6 Å². The van der Waals surface area contributed by atoms with Crippen LogP contribution in [0.15, 0.2) is 18.2 Å². The Balaban J connectivity index is 1.88. The van der Waals surface area contributed by atoms with Crippen LogP contribution in [-0.2, 0) is 16.0 Å². The van der Waals surface area contributed by atoms with Crippen molar-refractivity contribution in [3.8, 4) is 0 Å². The first kappa shape index (κ1) is 20.0. The van der Waals surface area contributed by atoms with Crippen LogP contribution in [-0.4, -0.2) is 55.1 Å². The highest BCUT2D eigenvalue weighted by Gasteiger charge is 2.19. The fourth-order valence-electron chi connectivity index (χ4n) is 2.92. The van der Waals surface area contributed by atoms with Crippen molar-refractivity contribution < 1.29 is 14.6 Å². The van der Waals surface area contributed by atoms with E-state index in [1.165, 1.54) is 0 Å². The molecule has 24 heavy (non-hydrogen) atoms. The summed E-state index contributed by atoms with van der Waals surface area (Å²) in [7, 11) is 0. The van der Waals surface area contributed by atoms with Crippen molar-refractivity contribution >= 4 is 23.2 Å². The Kier molecular flexibility index (Phi) is 8.81. The van der Waals surface area contributed by atoms with E-state index in [4.69, 9.17) is 32.7 Å². The molecular weight excluding hydrogens is 349 g/mol. The Morgan fingerprint density at radius 1 is 1.42 bits per heavy atom. The van der Waals surface area contributed by atoms with Crippen LogP contribution in [0.4, 0.5) is 0 Å². The van der Waals surface area contributed by atoms with Crippen LogP contribution < -0.4 is 0 Å². The zero-order chi connectivity index (χ0) is 17.4. The van der Waals surface area contributed by atoms with Crippen LogP contribution in [0.5, 0.6) is 0 Å². The molecule has 1 heterocycles. The molecular formula is C18H27Cl2NO3. The smallest absolute Gasteiger partial charge is 0.0830 e. The second-order valence-corrected chi connectivity index (χ2v) is 7.00. The van der Waals surface area contributed by atoms with Crippen molar-refractivity contribution in [2.75, 3.05) is 33.0 Å². The Hall–Kier alpha value is -0.360. The number of halogens is 2. The molecule has 0 aliphatic carbocycles. The fraction of sp³-hybridized carbons (Fsp3) is 0.667. The number of benzene rings is 1. The number of hydrogen-bond acceptors (Lipinski definition) is 4. The van der Waals surface area contributed by atoms with E-state index in [2.05, 4.69) is 11.8 Å². The first-order valence-electron chi connectivity index (χ1n) is 8.62. The van der Waals surface area contributed by atoms with E-state index >= 15 is 0 Å². The summed E-state index contributed by atoms with van der Waals surface area (Å²) in [4.78, 5) is 2.27. The van der Waals surface area contributed by atoms with E-state index < -0.39 is 0 Å². The molecule has 2 rings (SSSR count). The van der Waals surface area contributed by atoms with Gasteiger partial charge in [0.25, 0.3) is 0 Å². The second-order valence-electron chi connectivity index (χ2n) is 6.16. The van der Waals surface area contributed by atoms with Crippen LogP contribution in [0.25, 0.3) is 0 Å². The molecule has 2 atom stereocenters. The van der Waals surface area contributed by atoms with Gasteiger partial charge in [-0.05, 0) is 37.0 Å². The largest absolute Gasteiger partial charge is 0.395 e. The van der Waals surface area contributed by atoms with Gasteiger partial charge in [-0.1, -0.05) is 36.2 Å². The van der Waals surface area contributed by atoms with E-state index in [-0.39, 0.29) is 18.8 Å². The van der Waals surface area contributed by atoms with Crippen molar-refractivity contribution in [3.05, 3.63) is 33.8 Å².